The second kappa shape index (κ2) is 6.06. The van der Waals surface area contributed by atoms with E-state index in [1.54, 1.807) is 6.92 Å². The lowest BCUT2D eigenvalue weighted by Gasteiger charge is -2.17. The molecule has 0 saturated heterocycles. The summed E-state index contributed by atoms with van der Waals surface area (Å²) in [5.74, 6) is -1.66. The second-order valence-electron chi connectivity index (χ2n) is 4.08. The maximum absolute atomic E-state index is 12.3. The fourth-order valence-electron chi connectivity index (χ4n) is 1.70. The minimum absolute atomic E-state index is 0.0266. The lowest BCUT2D eigenvalue weighted by molar-refractivity contribution is -0.137. The summed E-state index contributed by atoms with van der Waals surface area (Å²) >= 11 is 0. The van der Waals surface area contributed by atoms with Crippen molar-refractivity contribution in [1.29, 1.82) is 0 Å². The number of rotatable bonds is 6. The first-order valence-electron chi connectivity index (χ1n) is 5.84. The van der Waals surface area contributed by atoms with E-state index < -0.39 is 28.4 Å². The Morgan fingerprint density at radius 3 is 2.50 bits per heavy atom. The topological polar surface area (TPSA) is 109 Å². The number of nitrogens with one attached hydrogen (secondary N) is 1. The predicted molar refractivity (Wildman–Crippen MR) is 70.9 cm³/mol. The van der Waals surface area contributed by atoms with E-state index in [0.29, 0.717) is 0 Å². The van der Waals surface area contributed by atoms with Crippen molar-refractivity contribution in [2.45, 2.75) is 11.8 Å². The van der Waals surface area contributed by atoms with E-state index in [-0.39, 0.29) is 17.1 Å². The minimum Gasteiger partial charge on any atom is -0.480 e. The molecule has 1 amide bonds. The number of amides is 1. The number of carbonyl (C=O) groups is 2. The summed E-state index contributed by atoms with van der Waals surface area (Å²) in [6.45, 7) is 0.949. The van der Waals surface area contributed by atoms with Crippen LogP contribution in [0.2, 0.25) is 0 Å². The van der Waals surface area contributed by atoms with Gasteiger partial charge < -0.3 is 15.0 Å². The summed E-state index contributed by atoms with van der Waals surface area (Å²) in [4.78, 5) is 22.1. The number of likely N-dealkylation sites (N-methyl/N-ethyl adjacent to an activating group) is 1. The average molecular weight is 303 g/mol. The summed E-state index contributed by atoms with van der Waals surface area (Å²) in [6, 6.07) is 1.22. The molecule has 8 nitrogen and oxygen atoms in total. The van der Waals surface area contributed by atoms with Crippen molar-refractivity contribution >= 4 is 21.9 Å². The number of aliphatic carboxylic acids is 1. The van der Waals surface area contributed by atoms with E-state index >= 15 is 0 Å². The molecule has 0 aliphatic rings. The van der Waals surface area contributed by atoms with Crippen LogP contribution in [0.5, 0.6) is 0 Å². The smallest absolute Gasteiger partial charge is 0.318 e. The van der Waals surface area contributed by atoms with Crippen LogP contribution >= 0.6 is 0 Å². The molecule has 1 heterocycles. The Hall–Kier alpha value is -1.87. The fraction of sp³-hybridized carbons (Fsp3) is 0.455. The van der Waals surface area contributed by atoms with Crippen LogP contribution in [0.1, 0.15) is 17.4 Å². The standard InChI is InChI=1S/C11H17N3O5S/c1-4-14(7-10(15)16)20(18,19)8-5-9(11(17)12-2)13(3)6-8/h5-6H,4,7H2,1-3H3,(H,12,17)(H,15,16). The van der Waals surface area contributed by atoms with Crippen molar-refractivity contribution in [2.24, 2.45) is 7.05 Å². The van der Waals surface area contributed by atoms with Crippen LogP contribution in [-0.2, 0) is 21.9 Å². The van der Waals surface area contributed by atoms with Crippen molar-refractivity contribution in [3.8, 4) is 0 Å². The van der Waals surface area contributed by atoms with Crippen molar-refractivity contribution < 1.29 is 23.1 Å². The number of hydrogen-bond acceptors (Lipinski definition) is 4. The van der Waals surface area contributed by atoms with Gasteiger partial charge in [0.05, 0.1) is 0 Å². The van der Waals surface area contributed by atoms with Gasteiger partial charge in [0.25, 0.3) is 5.91 Å². The van der Waals surface area contributed by atoms with E-state index in [2.05, 4.69) is 5.32 Å². The molecule has 1 aromatic rings. The Balaban J connectivity index is 3.22. The zero-order chi connectivity index (χ0) is 15.5. The van der Waals surface area contributed by atoms with Crippen LogP contribution in [-0.4, -0.2) is 54.4 Å². The number of hydrogen-bond donors (Lipinski definition) is 2. The number of carbonyl (C=O) groups excluding carboxylic acids is 1. The third-order valence-electron chi connectivity index (χ3n) is 2.74. The number of sulfonamides is 1. The van der Waals surface area contributed by atoms with E-state index in [0.717, 1.165) is 4.31 Å². The lowest BCUT2D eigenvalue weighted by atomic mass is 10.4. The molecular formula is C11H17N3O5S. The molecule has 1 aromatic heterocycles. The number of aromatic nitrogens is 1. The van der Waals surface area contributed by atoms with Gasteiger partial charge in [-0.05, 0) is 6.07 Å². The molecule has 0 aliphatic heterocycles. The maximum atomic E-state index is 12.3. The van der Waals surface area contributed by atoms with Gasteiger partial charge in [-0.15, -0.1) is 0 Å². The van der Waals surface area contributed by atoms with Gasteiger partial charge in [-0.2, -0.15) is 4.31 Å². The molecule has 0 aliphatic carbocycles. The summed E-state index contributed by atoms with van der Waals surface area (Å²) in [7, 11) is -0.962. The third-order valence-corrected chi connectivity index (χ3v) is 4.63. The van der Waals surface area contributed by atoms with Crippen LogP contribution in [0, 0.1) is 0 Å². The highest BCUT2D eigenvalue weighted by molar-refractivity contribution is 7.89. The molecule has 0 spiro atoms. The van der Waals surface area contributed by atoms with Crippen molar-refractivity contribution in [2.75, 3.05) is 20.1 Å². The van der Waals surface area contributed by atoms with Gasteiger partial charge >= 0.3 is 5.97 Å². The van der Waals surface area contributed by atoms with Gasteiger partial charge in [0.15, 0.2) is 0 Å². The van der Waals surface area contributed by atoms with Gasteiger partial charge in [-0.1, -0.05) is 6.92 Å². The molecule has 1 rings (SSSR count). The minimum atomic E-state index is -3.94. The molecule has 9 heteroatoms. The number of aryl methyl sites for hydroxylation is 1. The zero-order valence-corrected chi connectivity index (χ0v) is 12.3. The summed E-state index contributed by atoms with van der Waals surface area (Å²) in [6.07, 6.45) is 1.28. The Morgan fingerprint density at radius 2 is 2.05 bits per heavy atom. The second-order valence-corrected chi connectivity index (χ2v) is 6.01. The van der Waals surface area contributed by atoms with E-state index in [4.69, 9.17) is 5.11 Å². The number of carboxylic acids is 1. The highest BCUT2D eigenvalue weighted by Crippen LogP contribution is 2.18. The van der Waals surface area contributed by atoms with Crippen LogP contribution < -0.4 is 5.32 Å². The lowest BCUT2D eigenvalue weighted by Crippen LogP contribution is -2.35. The molecular weight excluding hydrogens is 286 g/mol. The molecule has 20 heavy (non-hydrogen) atoms. The molecule has 2 N–H and O–H groups in total. The third kappa shape index (κ3) is 3.17. The first kappa shape index (κ1) is 16.2. The molecule has 0 unspecified atom stereocenters. The maximum Gasteiger partial charge on any atom is 0.318 e. The number of nitrogens with zero attached hydrogens (tertiary/aromatic N) is 2. The van der Waals surface area contributed by atoms with Crippen molar-refractivity contribution in [3.63, 3.8) is 0 Å². The molecule has 0 fully saturated rings. The quantitative estimate of drug-likeness (QED) is 0.735. The summed E-state index contributed by atoms with van der Waals surface area (Å²) in [5, 5.41) is 11.1. The van der Waals surface area contributed by atoms with Crippen molar-refractivity contribution in [1.82, 2.24) is 14.2 Å². The zero-order valence-electron chi connectivity index (χ0n) is 11.5. The van der Waals surface area contributed by atoms with Crippen LogP contribution in [0.4, 0.5) is 0 Å². The van der Waals surface area contributed by atoms with E-state index in [9.17, 15) is 18.0 Å². The van der Waals surface area contributed by atoms with E-state index in [1.165, 1.54) is 30.9 Å². The largest absolute Gasteiger partial charge is 0.480 e. The van der Waals surface area contributed by atoms with Gasteiger partial charge in [-0.25, -0.2) is 8.42 Å². The Kier molecular flexibility index (Phi) is 4.90. The van der Waals surface area contributed by atoms with Crippen LogP contribution in [0.15, 0.2) is 17.2 Å². The normalized spacial score (nSPS) is 11.6. The first-order chi connectivity index (χ1) is 9.23. The van der Waals surface area contributed by atoms with Gasteiger partial charge in [-0.3, -0.25) is 9.59 Å². The van der Waals surface area contributed by atoms with Gasteiger partial charge in [0.1, 0.15) is 17.1 Å². The SMILES string of the molecule is CCN(CC(=O)O)S(=O)(=O)c1cc(C(=O)NC)n(C)c1. The molecule has 0 saturated carbocycles. The van der Waals surface area contributed by atoms with Crippen molar-refractivity contribution in [3.05, 3.63) is 18.0 Å². The highest BCUT2D eigenvalue weighted by Gasteiger charge is 2.27. The molecule has 112 valence electrons. The Bertz CT molecular complexity index is 620. The molecule has 0 aromatic carbocycles. The van der Waals surface area contributed by atoms with Crippen LogP contribution in [0.25, 0.3) is 0 Å². The number of carboxylic acid groups (broad SMARTS) is 1. The van der Waals surface area contributed by atoms with Gasteiger partial charge in [0.2, 0.25) is 10.0 Å². The highest BCUT2D eigenvalue weighted by atomic mass is 32.2. The predicted octanol–water partition coefficient (Wildman–Crippen LogP) is -0.520. The van der Waals surface area contributed by atoms with E-state index in [1.807, 2.05) is 0 Å². The Labute approximate surface area is 117 Å². The molecule has 0 atom stereocenters. The molecule has 0 bridgehead atoms. The molecule has 0 radical (unpaired) electrons. The van der Waals surface area contributed by atoms with Crippen LogP contribution in [0.3, 0.4) is 0 Å². The summed E-state index contributed by atoms with van der Waals surface area (Å²) in [5.41, 5.74) is 0.178. The fourth-order valence-corrected chi connectivity index (χ4v) is 3.17. The first-order valence-corrected chi connectivity index (χ1v) is 7.28. The average Bonchev–Trinajstić information content (AvgIpc) is 2.77. The summed E-state index contributed by atoms with van der Waals surface area (Å²) < 4.78 is 26.8. The monoisotopic (exact) mass is 303 g/mol. The Morgan fingerprint density at radius 1 is 1.45 bits per heavy atom. The van der Waals surface area contributed by atoms with Gasteiger partial charge in [0, 0.05) is 26.8 Å².